The summed E-state index contributed by atoms with van der Waals surface area (Å²) in [6.07, 6.45) is 2.53. The van der Waals surface area contributed by atoms with Crippen molar-refractivity contribution in [2.45, 2.75) is 72.0 Å². The standard InChI is InChI=1S/C26H32O7/c1-13-16-11-19(28)33-22(4,5)17(16)9-10-24(7)18(13)12-23(6)14(2)25(24,21(30)32-8)26(31,15(3)27)20(23)29/h9,18,31H,2,10-12H2,1,3-8H3/t18-,23-,24+,25+,26-/m1/s1. The number of carbonyl (C=O) groups excluding carboxylic acids is 4. The zero-order chi connectivity index (χ0) is 24.9. The van der Waals surface area contributed by atoms with Gasteiger partial charge in [-0.2, -0.15) is 0 Å². The molecule has 33 heavy (non-hydrogen) atoms. The predicted molar refractivity (Wildman–Crippen MR) is 119 cm³/mol. The van der Waals surface area contributed by atoms with Gasteiger partial charge in [0.1, 0.15) is 11.0 Å². The fraction of sp³-hybridized carbons (Fsp3) is 0.615. The number of aliphatic hydroxyl groups is 1. The fourth-order valence-electron chi connectivity index (χ4n) is 7.44. The highest BCUT2D eigenvalue weighted by atomic mass is 16.6. The Morgan fingerprint density at radius 3 is 2.36 bits per heavy atom. The molecular formula is C26H32O7. The highest BCUT2D eigenvalue weighted by Crippen LogP contribution is 2.75. The zero-order valence-corrected chi connectivity index (χ0v) is 20.4. The molecule has 5 atom stereocenters. The van der Waals surface area contributed by atoms with E-state index in [1.54, 1.807) is 6.92 Å². The summed E-state index contributed by atoms with van der Waals surface area (Å²) in [6.45, 7) is 14.3. The lowest BCUT2D eigenvalue weighted by molar-refractivity contribution is -0.190. The number of hydrogen-bond donors (Lipinski definition) is 1. The molecule has 0 aromatic rings. The van der Waals surface area contributed by atoms with Gasteiger partial charge in [0.25, 0.3) is 0 Å². The maximum Gasteiger partial charge on any atom is 0.320 e. The minimum Gasteiger partial charge on any atom is -0.468 e. The molecule has 0 radical (unpaired) electrons. The minimum atomic E-state index is -2.60. The van der Waals surface area contributed by atoms with Gasteiger partial charge in [-0.3, -0.25) is 19.2 Å². The number of methoxy groups -OCH3 is 1. The van der Waals surface area contributed by atoms with Crippen molar-refractivity contribution >= 4 is 23.5 Å². The third-order valence-electron chi connectivity index (χ3n) is 9.12. The van der Waals surface area contributed by atoms with Crippen LogP contribution in [0.2, 0.25) is 0 Å². The maximum absolute atomic E-state index is 13.8. The molecule has 7 nitrogen and oxygen atoms in total. The molecule has 0 aromatic heterocycles. The number of ketones is 2. The van der Waals surface area contributed by atoms with Crippen molar-refractivity contribution in [1.82, 2.24) is 0 Å². The molecule has 0 spiro atoms. The van der Waals surface area contributed by atoms with Gasteiger partial charge < -0.3 is 14.6 Å². The lowest BCUT2D eigenvalue weighted by Gasteiger charge is -2.57. The topological polar surface area (TPSA) is 107 Å². The van der Waals surface area contributed by atoms with E-state index in [-0.39, 0.29) is 30.8 Å². The number of hydrogen-bond acceptors (Lipinski definition) is 7. The van der Waals surface area contributed by atoms with Gasteiger partial charge in [0.05, 0.1) is 18.9 Å². The molecule has 0 unspecified atom stereocenters. The Balaban J connectivity index is 2.13. The van der Waals surface area contributed by atoms with Crippen LogP contribution in [0, 0.1) is 22.2 Å². The van der Waals surface area contributed by atoms with Crippen molar-refractivity contribution in [3.05, 3.63) is 34.9 Å². The van der Waals surface area contributed by atoms with E-state index in [2.05, 4.69) is 6.58 Å². The van der Waals surface area contributed by atoms with E-state index in [0.29, 0.717) is 0 Å². The van der Waals surface area contributed by atoms with Gasteiger partial charge in [-0.1, -0.05) is 25.2 Å². The summed E-state index contributed by atoms with van der Waals surface area (Å²) >= 11 is 0. The number of carbonyl (C=O) groups is 4. The van der Waals surface area contributed by atoms with Crippen molar-refractivity contribution in [3.63, 3.8) is 0 Å². The molecule has 1 N–H and O–H groups in total. The smallest absolute Gasteiger partial charge is 0.320 e. The number of rotatable bonds is 2. The largest absolute Gasteiger partial charge is 0.468 e. The number of fused-ring (bicyclic) bond motifs is 5. The molecule has 0 aromatic carbocycles. The number of cyclic esters (lactones) is 1. The highest BCUT2D eigenvalue weighted by molar-refractivity contribution is 6.21. The van der Waals surface area contributed by atoms with E-state index in [1.807, 2.05) is 33.8 Å². The minimum absolute atomic E-state index is 0.0848. The Morgan fingerprint density at radius 1 is 1.21 bits per heavy atom. The molecule has 0 amide bonds. The molecule has 1 aliphatic heterocycles. The van der Waals surface area contributed by atoms with Crippen LogP contribution in [0.1, 0.15) is 60.8 Å². The predicted octanol–water partition coefficient (Wildman–Crippen LogP) is 3.01. The van der Waals surface area contributed by atoms with Crippen LogP contribution in [0.3, 0.4) is 0 Å². The van der Waals surface area contributed by atoms with Gasteiger partial charge in [0.2, 0.25) is 5.60 Å². The van der Waals surface area contributed by atoms with Crippen molar-refractivity contribution in [2.24, 2.45) is 22.2 Å². The van der Waals surface area contributed by atoms with E-state index in [0.717, 1.165) is 23.6 Å². The second kappa shape index (κ2) is 6.53. The molecular weight excluding hydrogens is 424 g/mol. The first-order chi connectivity index (χ1) is 15.1. The SMILES string of the molecule is C=C1[C@@]2(C)C[C@@H]3C(C)=C4CC(=O)OC(C)(C)C4=CC[C@]3(C)[C@]1(C(=O)OC)[C@@](O)(C(C)=O)C2=O. The van der Waals surface area contributed by atoms with Gasteiger partial charge in [0.15, 0.2) is 11.6 Å². The van der Waals surface area contributed by atoms with Gasteiger partial charge in [0, 0.05) is 5.41 Å². The first kappa shape index (κ1) is 23.6. The van der Waals surface area contributed by atoms with Crippen LogP contribution >= 0.6 is 0 Å². The van der Waals surface area contributed by atoms with Gasteiger partial charge >= 0.3 is 11.9 Å². The van der Waals surface area contributed by atoms with E-state index < -0.39 is 50.9 Å². The molecule has 1 heterocycles. The lowest BCUT2D eigenvalue weighted by Crippen LogP contribution is -2.66. The summed E-state index contributed by atoms with van der Waals surface area (Å²) in [5.41, 5.74) is -5.12. The van der Waals surface area contributed by atoms with E-state index in [9.17, 15) is 24.3 Å². The lowest BCUT2D eigenvalue weighted by atomic mass is 9.44. The van der Waals surface area contributed by atoms with E-state index >= 15 is 0 Å². The van der Waals surface area contributed by atoms with E-state index in [4.69, 9.17) is 9.47 Å². The summed E-state index contributed by atoms with van der Waals surface area (Å²) in [5, 5.41) is 11.9. The van der Waals surface area contributed by atoms with Crippen LogP contribution in [0.25, 0.3) is 0 Å². The third-order valence-corrected chi connectivity index (χ3v) is 9.12. The summed E-state index contributed by atoms with van der Waals surface area (Å²) < 4.78 is 10.8. The molecule has 3 fully saturated rings. The van der Waals surface area contributed by atoms with Crippen LogP contribution in [-0.2, 0) is 28.7 Å². The molecule has 2 saturated carbocycles. The monoisotopic (exact) mass is 456 g/mol. The number of allylic oxidation sites excluding steroid dienone is 2. The van der Waals surface area contributed by atoms with Crippen molar-refractivity contribution in [1.29, 1.82) is 0 Å². The number of Topliss-reactive ketones (excluding diaryl/α,β-unsaturated/α-hetero) is 2. The molecule has 3 aliphatic carbocycles. The second-order valence-electron chi connectivity index (χ2n) is 11.0. The third kappa shape index (κ3) is 2.34. The molecule has 1 saturated heterocycles. The summed E-state index contributed by atoms with van der Waals surface area (Å²) in [5.74, 6) is -3.10. The first-order valence-corrected chi connectivity index (χ1v) is 11.3. The van der Waals surface area contributed by atoms with Crippen LogP contribution in [0.5, 0.6) is 0 Å². The van der Waals surface area contributed by atoms with Gasteiger partial charge in [-0.15, -0.1) is 0 Å². The average molecular weight is 457 g/mol. The Labute approximate surface area is 193 Å². The Hall–Kier alpha value is -2.54. The average Bonchev–Trinajstić information content (AvgIpc) is 2.78. The van der Waals surface area contributed by atoms with Crippen LogP contribution < -0.4 is 0 Å². The molecule has 4 rings (SSSR count). The summed E-state index contributed by atoms with van der Waals surface area (Å²) in [6, 6.07) is 0. The summed E-state index contributed by atoms with van der Waals surface area (Å²) in [4.78, 5) is 52.9. The highest BCUT2D eigenvalue weighted by Gasteiger charge is 2.85. The molecule has 4 aliphatic rings. The fourth-order valence-corrected chi connectivity index (χ4v) is 7.44. The van der Waals surface area contributed by atoms with Crippen molar-refractivity contribution in [3.8, 4) is 0 Å². The van der Waals surface area contributed by atoms with Gasteiger partial charge in [-0.05, 0) is 70.1 Å². The van der Waals surface area contributed by atoms with E-state index in [1.165, 1.54) is 7.11 Å². The Bertz CT molecular complexity index is 1110. The number of ether oxygens (including phenoxy) is 2. The zero-order valence-electron chi connectivity index (χ0n) is 20.4. The van der Waals surface area contributed by atoms with Gasteiger partial charge in [-0.25, -0.2) is 0 Å². The quantitative estimate of drug-likeness (QED) is 0.387. The number of esters is 2. The van der Waals surface area contributed by atoms with Crippen LogP contribution in [0.15, 0.2) is 34.9 Å². The molecule has 7 heteroatoms. The normalized spacial score (nSPS) is 41.5. The second-order valence-corrected chi connectivity index (χ2v) is 11.0. The maximum atomic E-state index is 13.8. The molecule has 178 valence electrons. The first-order valence-electron chi connectivity index (χ1n) is 11.3. The van der Waals surface area contributed by atoms with Crippen molar-refractivity contribution < 1.29 is 33.8 Å². The summed E-state index contributed by atoms with van der Waals surface area (Å²) in [7, 11) is 1.19. The van der Waals surface area contributed by atoms with Crippen molar-refractivity contribution in [2.75, 3.05) is 7.11 Å². The Kier molecular flexibility index (Phi) is 4.67. The van der Waals surface area contributed by atoms with Crippen LogP contribution in [-0.4, -0.2) is 46.9 Å². The van der Waals surface area contributed by atoms with Crippen LogP contribution in [0.4, 0.5) is 0 Å². The Morgan fingerprint density at radius 2 is 1.82 bits per heavy atom. The molecule has 2 bridgehead atoms.